The van der Waals surface area contributed by atoms with Crippen LogP contribution < -0.4 is 0 Å². The van der Waals surface area contributed by atoms with Crippen LogP contribution in [0.3, 0.4) is 0 Å². The molecule has 0 bridgehead atoms. The summed E-state index contributed by atoms with van der Waals surface area (Å²) < 4.78 is 9.27. The van der Waals surface area contributed by atoms with Gasteiger partial charge < -0.3 is 19.7 Å². The largest absolute Gasteiger partial charge is 0.463 e. The third-order valence-electron chi connectivity index (χ3n) is 1.49. The van der Waals surface area contributed by atoms with E-state index >= 15 is 0 Å². The van der Waals surface area contributed by atoms with Crippen molar-refractivity contribution < 1.29 is 29.3 Å². The fourth-order valence-corrected chi connectivity index (χ4v) is 0.775. The lowest BCUT2D eigenvalue weighted by Gasteiger charge is -2.05. The summed E-state index contributed by atoms with van der Waals surface area (Å²) in [6, 6.07) is 0. The van der Waals surface area contributed by atoms with Crippen LogP contribution in [0.1, 0.15) is 20.3 Å². The summed E-state index contributed by atoms with van der Waals surface area (Å²) in [5.41, 5.74) is 0. The normalized spacial score (nSPS) is 14.4. The van der Waals surface area contributed by atoms with Crippen LogP contribution in [-0.4, -0.2) is 47.6 Å². The molecule has 0 aromatic heterocycles. The number of aliphatic hydroxyl groups is 2. The Morgan fingerprint density at radius 2 is 1.65 bits per heavy atom. The molecule has 0 radical (unpaired) electrons. The molecule has 0 rings (SSSR count). The molecule has 2 atom stereocenters. The minimum atomic E-state index is -0.719. The van der Waals surface area contributed by atoms with E-state index in [0.29, 0.717) is 0 Å². The molecule has 0 aromatic carbocycles. The molecular weight excluding hydrogens is 228 g/mol. The maximum Gasteiger partial charge on any atom is 0.330 e. The quantitative estimate of drug-likeness (QED) is 0.476. The zero-order chi connectivity index (χ0) is 13.3. The van der Waals surface area contributed by atoms with Crippen molar-refractivity contribution in [2.45, 2.75) is 32.5 Å². The van der Waals surface area contributed by atoms with Crippen molar-refractivity contribution in [3.63, 3.8) is 0 Å². The van der Waals surface area contributed by atoms with E-state index in [1.807, 2.05) is 0 Å². The number of hydrogen-bond donors (Lipinski definition) is 2. The molecule has 0 fully saturated rings. The molecule has 0 saturated heterocycles. The summed E-state index contributed by atoms with van der Waals surface area (Å²) in [4.78, 5) is 22.0. The van der Waals surface area contributed by atoms with Crippen LogP contribution in [0.4, 0.5) is 0 Å². The molecule has 0 amide bonds. The molecule has 6 heteroatoms. The predicted molar refractivity (Wildman–Crippen MR) is 59.0 cm³/mol. The van der Waals surface area contributed by atoms with Crippen LogP contribution in [0.15, 0.2) is 12.2 Å². The average molecular weight is 246 g/mol. The minimum Gasteiger partial charge on any atom is -0.463 e. The predicted octanol–water partition coefficient (Wildman–Crippen LogP) is -0.219. The molecule has 0 saturated carbocycles. The Bertz CT molecular complexity index is 269. The Labute approximate surface area is 99.8 Å². The van der Waals surface area contributed by atoms with Crippen molar-refractivity contribution in [2.24, 2.45) is 0 Å². The van der Waals surface area contributed by atoms with Crippen molar-refractivity contribution in [1.82, 2.24) is 0 Å². The molecule has 0 aliphatic rings. The first-order chi connectivity index (χ1) is 7.91. The second kappa shape index (κ2) is 8.72. The molecule has 0 spiro atoms. The lowest BCUT2D eigenvalue weighted by atomic mass is 10.3. The number of carbonyl (C=O) groups excluding carboxylic acids is 2. The topological polar surface area (TPSA) is 93.1 Å². The number of hydrogen-bond acceptors (Lipinski definition) is 6. The molecule has 2 unspecified atom stereocenters. The molecule has 2 N–H and O–H groups in total. The van der Waals surface area contributed by atoms with E-state index in [1.165, 1.54) is 19.9 Å². The van der Waals surface area contributed by atoms with E-state index in [2.05, 4.69) is 9.47 Å². The van der Waals surface area contributed by atoms with E-state index in [4.69, 9.17) is 10.2 Å². The van der Waals surface area contributed by atoms with Crippen LogP contribution in [-0.2, 0) is 19.1 Å². The monoisotopic (exact) mass is 246 g/mol. The first-order valence-corrected chi connectivity index (χ1v) is 5.27. The maximum atomic E-state index is 11.0. The Balaban J connectivity index is 3.71. The van der Waals surface area contributed by atoms with E-state index < -0.39 is 24.1 Å². The summed E-state index contributed by atoms with van der Waals surface area (Å²) in [5.74, 6) is -1.17. The Morgan fingerprint density at radius 3 is 2.18 bits per heavy atom. The number of aliphatic hydroxyl groups excluding tert-OH is 2. The van der Waals surface area contributed by atoms with E-state index in [-0.39, 0.29) is 19.6 Å². The van der Waals surface area contributed by atoms with Crippen molar-refractivity contribution in [3.8, 4) is 0 Å². The van der Waals surface area contributed by atoms with E-state index in [1.54, 1.807) is 0 Å². The molecule has 17 heavy (non-hydrogen) atoms. The van der Waals surface area contributed by atoms with Gasteiger partial charge in [0.25, 0.3) is 0 Å². The molecule has 6 nitrogen and oxygen atoms in total. The highest BCUT2D eigenvalue weighted by molar-refractivity contribution is 5.83. The summed E-state index contributed by atoms with van der Waals surface area (Å²) in [6.07, 6.45) is 0.888. The minimum absolute atomic E-state index is 0.0703. The third-order valence-corrected chi connectivity index (χ3v) is 1.49. The highest BCUT2D eigenvalue weighted by Gasteiger charge is 2.04. The van der Waals surface area contributed by atoms with E-state index in [0.717, 1.165) is 6.08 Å². The molecule has 98 valence electrons. The van der Waals surface area contributed by atoms with Gasteiger partial charge in [0.05, 0.1) is 18.6 Å². The number of esters is 2. The number of ether oxygens (including phenoxy) is 2. The summed E-state index contributed by atoms with van der Waals surface area (Å²) in [7, 11) is 0. The zero-order valence-corrected chi connectivity index (χ0v) is 9.96. The fraction of sp³-hybridized carbons (Fsp3) is 0.636. The van der Waals surface area contributed by atoms with Gasteiger partial charge in [-0.1, -0.05) is 6.08 Å². The van der Waals surface area contributed by atoms with Gasteiger partial charge in [-0.05, 0) is 13.8 Å². The van der Waals surface area contributed by atoms with Gasteiger partial charge in [-0.25, -0.2) is 4.79 Å². The highest BCUT2D eigenvalue weighted by Crippen LogP contribution is 1.93. The highest BCUT2D eigenvalue weighted by atomic mass is 16.5. The smallest absolute Gasteiger partial charge is 0.330 e. The Hall–Kier alpha value is -1.40. The van der Waals surface area contributed by atoms with Gasteiger partial charge in [0, 0.05) is 6.08 Å². The first kappa shape index (κ1) is 15.6. The molecular formula is C11H18O6. The van der Waals surface area contributed by atoms with Gasteiger partial charge in [-0.3, -0.25) is 4.79 Å². The van der Waals surface area contributed by atoms with Crippen LogP contribution in [0.25, 0.3) is 0 Å². The van der Waals surface area contributed by atoms with Gasteiger partial charge in [0.15, 0.2) is 0 Å². The summed E-state index contributed by atoms with van der Waals surface area (Å²) in [5, 5.41) is 17.7. The average Bonchev–Trinajstić information content (AvgIpc) is 2.23. The van der Waals surface area contributed by atoms with Crippen molar-refractivity contribution in [1.29, 1.82) is 0 Å². The Kier molecular flexibility index (Phi) is 8.00. The van der Waals surface area contributed by atoms with E-state index in [9.17, 15) is 9.59 Å². The maximum absolute atomic E-state index is 11.0. The van der Waals surface area contributed by atoms with Crippen molar-refractivity contribution in [2.75, 3.05) is 13.2 Å². The Morgan fingerprint density at radius 1 is 1.12 bits per heavy atom. The molecule has 0 aromatic rings. The second-order valence-electron chi connectivity index (χ2n) is 3.62. The summed E-state index contributed by atoms with van der Waals surface area (Å²) >= 11 is 0. The van der Waals surface area contributed by atoms with Gasteiger partial charge in [0.2, 0.25) is 0 Å². The molecule has 0 aliphatic carbocycles. The standard InChI is InChI=1S/C11H18O6/c1-8(12)6-16-10(14)4-3-5-11(15)17-7-9(2)13/h3-4,8-9,12-13H,5-7H2,1-2H3/b4-3+. The van der Waals surface area contributed by atoms with Crippen molar-refractivity contribution >= 4 is 11.9 Å². The van der Waals surface area contributed by atoms with Gasteiger partial charge in [-0.2, -0.15) is 0 Å². The van der Waals surface area contributed by atoms with Crippen LogP contribution in [0.2, 0.25) is 0 Å². The second-order valence-corrected chi connectivity index (χ2v) is 3.62. The third kappa shape index (κ3) is 10.9. The summed E-state index contributed by atoms with van der Waals surface area (Å²) in [6.45, 7) is 2.83. The van der Waals surface area contributed by atoms with Crippen LogP contribution >= 0.6 is 0 Å². The van der Waals surface area contributed by atoms with Gasteiger partial charge >= 0.3 is 11.9 Å². The molecule has 0 aliphatic heterocycles. The lowest BCUT2D eigenvalue weighted by molar-refractivity contribution is -0.145. The zero-order valence-electron chi connectivity index (χ0n) is 9.96. The first-order valence-electron chi connectivity index (χ1n) is 5.27. The van der Waals surface area contributed by atoms with Crippen LogP contribution in [0.5, 0.6) is 0 Å². The lowest BCUT2D eigenvalue weighted by Crippen LogP contribution is -2.15. The SMILES string of the molecule is CC(O)COC(=O)/C=C/CC(=O)OCC(C)O. The number of carbonyl (C=O) groups is 2. The van der Waals surface area contributed by atoms with Crippen molar-refractivity contribution in [3.05, 3.63) is 12.2 Å². The van der Waals surface area contributed by atoms with Crippen LogP contribution in [0, 0.1) is 0 Å². The fourth-order valence-electron chi connectivity index (χ4n) is 0.775. The molecule has 0 heterocycles. The van der Waals surface area contributed by atoms with Gasteiger partial charge in [-0.15, -0.1) is 0 Å². The number of rotatable bonds is 7. The van der Waals surface area contributed by atoms with Gasteiger partial charge in [0.1, 0.15) is 13.2 Å².